The van der Waals surface area contributed by atoms with Crippen molar-refractivity contribution in [1.29, 1.82) is 0 Å². The maximum absolute atomic E-state index is 12.2. The molecule has 0 unspecified atom stereocenters. The highest BCUT2D eigenvalue weighted by atomic mass is 32.2. The molecule has 0 aliphatic rings. The zero-order chi connectivity index (χ0) is 17.9. The minimum Gasteiger partial charge on any atom is -0.465 e. The number of nitrogens with two attached hydrogens (primary N) is 1. The normalized spacial score (nSPS) is 11.0. The SMILES string of the molecule is COC(=O)c1ccc(C(=O)Nc2ccc(C)c(S(N)(=O)=O)c2)cc1. The Balaban J connectivity index is 2.22. The number of primary sulfonamides is 1. The van der Waals surface area contributed by atoms with Crippen molar-refractivity contribution < 1.29 is 22.7 Å². The van der Waals surface area contributed by atoms with Gasteiger partial charge in [0.25, 0.3) is 5.91 Å². The summed E-state index contributed by atoms with van der Waals surface area (Å²) in [6.45, 7) is 1.61. The third-order valence-electron chi connectivity index (χ3n) is 3.32. The molecule has 2 rings (SSSR count). The standard InChI is InChI=1S/C16H16N2O5S/c1-10-3-8-13(9-14(10)24(17,21)22)18-15(19)11-4-6-12(7-5-11)16(20)23-2/h3-9H,1-2H3,(H,18,19)(H2,17,21,22). The number of ether oxygens (including phenoxy) is 1. The fourth-order valence-electron chi connectivity index (χ4n) is 2.06. The Hall–Kier alpha value is -2.71. The number of carbonyl (C=O) groups excluding carboxylic acids is 2. The Bertz CT molecular complexity index is 889. The van der Waals surface area contributed by atoms with Gasteiger partial charge in [0.05, 0.1) is 17.6 Å². The lowest BCUT2D eigenvalue weighted by molar-refractivity contribution is 0.0600. The number of hydrogen-bond acceptors (Lipinski definition) is 5. The van der Waals surface area contributed by atoms with Crippen LogP contribution in [0.4, 0.5) is 5.69 Å². The number of benzene rings is 2. The molecule has 0 aliphatic carbocycles. The molecule has 126 valence electrons. The van der Waals surface area contributed by atoms with Gasteiger partial charge in [-0.2, -0.15) is 0 Å². The number of hydrogen-bond donors (Lipinski definition) is 2. The van der Waals surface area contributed by atoms with E-state index in [1.54, 1.807) is 19.1 Å². The second-order valence-corrected chi connectivity index (χ2v) is 6.58. The predicted molar refractivity (Wildman–Crippen MR) is 88.3 cm³/mol. The molecule has 0 saturated carbocycles. The average molecular weight is 348 g/mol. The topological polar surface area (TPSA) is 116 Å². The number of rotatable bonds is 4. The monoisotopic (exact) mass is 348 g/mol. The van der Waals surface area contributed by atoms with Gasteiger partial charge in [0.15, 0.2) is 0 Å². The van der Waals surface area contributed by atoms with Gasteiger partial charge >= 0.3 is 5.97 Å². The molecule has 0 heterocycles. The molecular weight excluding hydrogens is 332 g/mol. The molecule has 0 atom stereocenters. The van der Waals surface area contributed by atoms with Gasteiger partial charge in [-0.3, -0.25) is 4.79 Å². The first-order valence-electron chi connectivity index (χ1n) is 6.85. The van der Waals surface area contributed by atoms with E-state index >= 15 is 0 Å². The van der Waals surface area contributed by atoms with Crippen LogP contribution in [0.25, 0.3) is 0 Å². The number of methoxy groups -OCH3 is 1. The molecule has 0 fully saturated rings. The Labute approximate surface area is 139 Å². The highest BCUT2D eigenvalue weighted by Crippen LogP contribution is 2.19. The molecule has 8 heteroatoms. The number of esters is 1. The van der Waals surface area contributed by atoms with E-state index in [0.29, 0.717) is 22.4 Å². The summed E-state index contributed by atoms with van der Waals surface area (Å²) in [5.41, 5.74) is 1.41. The average Bonchev–Trinajstić information content (AvgIpc) is 2.55. The van der Waals surface area contributed by atoms with Crippen LogP contribution in [0.2, 0.25) is 0 Å². The minimum absolute atomic E-state index is 0.0543. The zero-order valence-electron chi connectivity index (χ0n) is 13.1. The van der Waals surface area contributed by atoms with Gasteiger partial charge in [-0.1, -0.05) is 6.07 Å². The number of anilines is 1. The van der Waals surface area contributed by atoms with Gasteiger partial charge in [-0.25, -0.2) is 18.4 Å². The van der Waals surface area contributed by atoms with E-state index < -0.39 is 21.9 Å². The van der Waals surface area contributed by atoms with E-state index in [1.165, 1.54) is 37.4 Å². The van der Waals surface area contributed by atoms with Crippen LogP contribution in [0.3, 0.4) is 0 Å². The summed E-state index contributed by atoms with van der Waals surface area (Å²) in [4.78, 5) is 23.5. The third kappa shape index (κ3) is 3.98. The van der Waals surface area contributed by atoms with Crippen LogP contribution < -0.4 is 10.5 Å². The molecule has 2 aromatic carbocycles. The van der Waals surface area contributed by atoms with Crippen LogP contribution >= 0.6 is 0 Å². The van der Waals surface area contributed by atoms with Gasteiger partial charge in [0.2, 0.25) is 10.0 Å². The summed E-state index contributed by atoms with van der Waals surface area (Å²) >= 11 is 0. The second kappa shape index (κ2) is 6.81. The molecule has 0 saturated heterocycles. The van der Waals surface area contributed by atoms with Gasteiger partial charge in [0, 0.05) is 11.3 Å². The van der Waals surface area contributed by atoms with Crippen molar-refractivity contribution in [3.8, 4) is 0 Å². The van der Waals surface area contributed by atoms with Crippen molar-refractivity contribution in [3.05, 3.63) is 59.2 Å². The van der Waals surface area contributed by atoms with Crippen molar-refractivity contribution in [1.82, 2.24) is 0 Å². The Morgan fingerprint density at radius 3 is 2.17 bits per heavy atom. The summed E-state index contributed by atoms with van der Waals surface area (Å²) < 4.78 is 27.6. The van der Waals surface area contributed by atoms with Crippen LogP contribution in [0.5, 0.6) is 0 Å². The van der Waals surface area contributed by atoms with Gasteiger partial charge < -0.3 is 10.1 Å². The molecule has 24 heavy (non-hydrogen) atoms. The van der Waals surface area contributed by atoms with Crippen LogP contribution in [0.15, 0.2) is 47.4 Å². The van der Waals surface area contributed by atoms with E-state index in [0.717, 1.165) is 0 Å². The first-order chi connectivity index (χ1) is 11.2. The molecule has 3 N–H and O–H groups in total. The van der Waals surface area contributed by atoms with Gasteiger partial charge in [-0.15, -0.1) is 0 Å². The molecule has 2 aromatic rings. The van der Waals surface area contributed by atoms with Gasteiger partial charge in [0.1, 0.15) is 0 Å². The van der Waals surface area contributed by atoms with E-state index in [4.69, 9.17) is 5.14 Å². The van der Waals surface area contributed by atoms with Crippen molar-refractivity contribution in [3.63, 3.8) is 0 Å². The minimum atomic E-state index is -3.88. The number of aryl methyl sites for hydroxylation is 1. The molecule has 0 bridgehead atoms. The lowest BCUT2D eigenvalue weighted by atomic mass is 10.1. The summed E-state index contributed by atoms with van der Waals surface area (Å²) in [5.74, 6) is -0.950. The molecule has 0 spiro atoms. The predicted octanol–water partition coefficient (Wildman–Crippen LogP) is 1.68. The maximum atomic E-state index is 12.2. The maximum Gasteiger partial charge on any atom is 0.337 e. The lowest BCUT2D eigenvalue weighted by Gasteiger charge is -2.09. The molecule has 1 amide bonds. The number of amides is 1. The van der Waals surface area contributed by atoms with E-state index in [-0.39, 0.29) is 4.90 Å². The second-order valence-electron chi connectivity index (χ2n) is 5.05. The Morgan fingerprint density at radius 2 is 1.62 bits per heavy atom. The van der Waals surface area contributed by atoms with Crippen LogP contribution in [-0.4, -0.2) is 27.4 Å². The van der Waals surface area contributed by atoms with Gasteiger partial charge in [-0.05, 0) is 48.9 Å². The lowest BCUT2D eigenvalue weighted by Crippen LogP contribution is -2.16. The van der Waals surface area contributed by atoms with Crippen molar-refractivity contribution in [2.24, 2.45) is 5.14 Å². The molecule has 0 aromatic heterocycles. The first kappa shape index (κ1) is 17.6. The molecule has 0 radical (unpaired) electrons. The number of sulfonamides is 1. The number of nitrogens with one attached hydrogen (secondary N) is 1. The van der Waals surface area contributed by atoms with E-state index in [2.05, 4.69) is 10.1 Å². The van der Waals surface area contributed by atoms with E-state index in [9.17, 15) is 18.0 Å². The summed E-state index contributed by atoms with van der Waals surface area (Å²) in [6, 6.07) is 10.3. The third-order valence-corrected chi connectivity index (χ3v) is 4.37. The smallest absolute Gasteiger partial charge is 0.337 e. The Morgan fingerprint density at radius 1 is 1.04 bits per heavy atom. The quantitative estimate of drug-likeness (QED) is 0.816. The first-order valence-corrected chi connectivity index (χ1v) is 8.40. The summed E-state index contributed by atoms with van der Waals surface area (Å²) in [5, 5.41) is 7.73. The van der Waals surface area contributed by atoms with Crippen molar-refractivity contribution in [2.75, 3.05) is 12.4 Å². The number of carbonyl (C=O) groups is 2. The largest absolute Gasteiger partial charge is 0.465 e. The van der Waals surface area contributed by atoms with Crippen LogP contribution in [-0.2, 0) is 14.8 Å². The van der Waals surface area contributed by atoms with Crippen LogP contribution in [0, 0.1) is 6.92 Å². The van der Waals surface area contributed by atoms with E-state index in [1.807, 2.05) is 0 Å². The molecular formula is C16H16N2O5S. The van der Waals surface area contributed by atoms with Crippen LogP contribution in [0.1, 0.15) is 26.3 Å². The highest BCUT2D eigenvalue weighted by Gasteiger charge is 2.14. The zero-order valence-corrected chi connectivity index (χ0v) is 13.9. The molecule has 0 aliphatic heterocycles. The summed E-state index contributed by atoms with van der Waals surface area (Å²) in [6.07, 6.45) is 0. The molecule has 7 nitrogen and oxygen atoms in total. The fourth-order valence-corrected chi connectivity index (χ4v) is 2.87. The Kier molecular flexibility index (Phi) is 5.01. The van der Waals surface area contributed by atoms with Crippen molar-refractivity contribution >= 4 is 27.6 Å². The summed E-state index contributed by atoms with van der Waals surface area (Å²) in [7, 11) is -2.61. The fraction of sp³-hybridized carbons (Fsp3) is 0.125. The highest BCUT2D eigenvalue weighted by molar-refractivity contribution is 7.89. The van der Waals surface area contributed by atoms with Crippen molar-refractivity contribution in [2.45, 2.75) is 11.8 Å².